The number of alkyl halides is 1. The fourth-order valence-corrected chi connectivity index (χ4v) is 1.95. The fraction of sp³-hybridized carbons (Fsp3) is 0.909. The molecule has 2 saturated heterocycles. The number of nitrogens with one attached hydrogen (secondary N) is 2. The van der Waals surface area contributed by atoms with Gasteiger partial charge in [-0.05, 0) is 6.42 Å². The first-order valence-corrected chi connectivity index (χ1v) is 6.22. The van der Waals surface area contributed by atoms with Gasteiger partial charge in [0.2, 0.25) is 0 Å². The quantitative estimate of drug-likeness (QED) is 0.736. The van der Waals surface area contributed by atoms with Crippen LogP contribution in [-0.4, -0.2) is 63.9 Å². The van der Waals surface area contributed by atoms with Gasteiger partial charge in [0.1, 0.15) is 6.17 Å². The number of alkyl carbamates (subject to hydrolysis) is 1. The first-order chi connectivity index (χ1) is 8.75. The maximum Gasteiger partial charge on any atom is 0.407 e. The molecule has 2 fully saturated rings. The molecule has 3 unspecified atom stereocenters. The SMILES string of the molecule is O=C(NC1COCC1F)OCCC1COCCN1. The molecule has 2 N–H and O–H groups in total. The molecular formula is C11H19FN2O4. The number of morpholine rings is 1. The van der Waals surface area contributed by atoms with Crippen molar-refractivity contribution in [2.45, 2.75) is 24.7 Å². The smallest absolute Gasteiger partial charge is 0.407 e. The summed E-state index contributed by atoms with van der Waals surface area (Å²) in [6, 6.07) is -0.371. The van der Waals surface area contributed by atoms with Gasteiger partial charge in [0.25, 0.3) is 0 Å². The standard InChI is InChI=1S/C11H19FN2O4/c12-9-6-17-7-10(9)14-11(15)18-3-1-8-5-16-4-2-13-8/h8-10,13H,1-7H2,(H,14,15). The molecule has 2 rings (SSSR count). The second-order valence-corrected chi connectivity index (χ2v) is 4.45. The van der Waals surface area contributed by atoms with Crippen molar-refractivity contribution in [1.82, 2.24) is 10.6 Å². The number of ether oxygens (including phenoxy) is 3. The van der Waals surface area contributed by atoms with Crippen LogP contribution in [0.1, 0.15) is 6.42 Å². The lowest BCUT2D eigenvalue weighted by molar-refractivity contribution is 0.0633. The van der Waals surface area contributed by atoms with Crippen LogP contribution in [0.3, 0.4) is 0 Å². The van der Waals surface area contributed by atoms with Gasteiger partial charge < -0.3 is 24.8 Å². The monoisotopic (exact) mass is 262 g/mol. The van der Waals surface area contributed by atoms with Crippen molar-refractivity contribution in [2.75, 3.05) is 39.6 Å². The molecule has 2 heterocycles. The Hall–Kier alpha value is -0.920. The van der Waals surface area contributed by atoms with E-state index >= 15 is 0 Å². The topological polar surface area (TPSA) is 68.8 Å². The zero-order chi connectivity index (χ0) is 12.8. The molecule has 0 spiro atoms. The van der Waals surface area contributed by atoms with Gasteiger partial charge in [0, 0.05) is 12.6 Å². The summed E-state index contributed by atoms with van der Waals surface area (Å²) in [6.45, 7) is 2.70. The van der Waals surface area contributed by atoms with Crippen LogP contribution in [0.15, 0.2) is 0 Å². The average Bonchev–Trinajstić information content (AvgIpc) is 2.76. The zero-order valence-corrected chi connectivity index (χ0v) is 10.2. The van der Waals surface area contributed by atoms with Gasteiger partial charge in [0.15, 0.2) is 0 Å². The second kappa shape index (κ2) is 6.86. The Kier molecular flexibility index (Phi) is 5.15. The fourth-order valence-electron chi connectivity index (χ4n) is 1.95. The maximum atomic E-state index is 13.1. The van der Waals surface area contributed by atoms with E-state index in [-0.39, 0.29) is 25.9 Å². The highest BCUT2D eigenvalue weighted by molar-refractivity contribution is 5.67. The largest absolute Gasteiger partial charge is 0.449 e. The molecule has 104 valence electrons. The van der Waals surface area contributed by atoms with Crippen molar-refractivity contribution in [3.8, 4) is 0 Å². The predicted octanol–water partition coefficient (Wildman–Crippen LogP) is -0.172. The van der Waals surface area contributed by atoms with E-state index in [4.69, 9.17) is 14.2 Å². The number of hydrogen-bond acceptors (Lipinski definition) is 5. The van der Waals surface area contributed by atoms with E-state index in [9.17, 15) is 9.18 Å². The predicted molar refractivity (Wildman–Crippen MR) is 61.2 cm³/mol. The molecule has 18 heavy (non-hydrogen) atoms. The van der Waals surface area contributed by atoms with Crippen LogP contribution >= 0.6 is 0 Å². The molecule has 7 heteroatoms. The molecule has 0 aliphatic carbocycles. The third-order valence-corrected chi connectivity index (χ3v) is 3.01. The van der Waals surface area contributed by atoms with Crippen LogP contribution in [0, 0.1) is 0 Å². The average molecular weight is 262 g/mol. The van der Waals surface area contributed by atoms with Crippen molar-refractivity contribution >= 4 is 6.09 Å². The molecule has 0 radical (unpaired) electrons. The van der Waals surface area contributed by atoms with Crippen molar-refractivity contribution in [3.63, 3.8) is 0 Å². The lowest BCUT2D eigenvalue weighted by atomic mass is 10.2. The summed E-state index contributed by atoms with van der Waals surface area (Å²) >= 11 is 0. The van der Waals surface area contributed by atoms with Crippen molar-refractivity contribution in [2.24, 2.45) is 0 Å². The molecule has 2 aliphatic rings. The van der Waals surface area contributed by atoms with Crippen LogP contribution in [0.2, 0.25) is 0 Å². The number of rotatable bonds is 4. The number of carbonyl (C=O) groups is 1. The summed E-state index contributed by atoms with van der Waals surface area (Å²) in [6.07, 6.45) is -1.05. The summed E-state index contributed by atoms with van der Waals surface area (Å²) in [7, 11) is 0. The summed E-state index contributed by atoms with van der Waals surface area (Å²) in [5.41, 5.74) is 0. The first-order valence-electron chi connectivity index (χ1n) is 6.22. The summed E-state index contributed by atoms with van der Waals surface area (Å²) in [5.74, 6) is 0. The van der Waals surface area contributed by atoms with Crippen LogP contribution in [0.25, 0.3) is 0 Å². The highest BCUT2D eigenvalue weighted by Gasteiger charge is 2.29. The highest BCUT2D eigenvalue weighted by atomic mass is 19.1. The normalized spacial score (nSPS) is 32.2. The number of carbonyl (C=O) groups excluding carboxylic acids is 1. The highest BCUT2D eigenvalue weighted by Crippen LogP contribution is 2.09. The molecule has 2 aliphatic heterocycles. The Morgan fingerprint density at radius 1 is 1.39 bits per heavy atom. The molecule has 0 aromatic heterocycles. The van der Waals surface area contributed by atoms with E-state index in [2.05, 4.69) is 10.6 Å². The van der Waals surface area contributed by atoms with Crippen LogP contribution in [-0.2, 0) is 14.2 Å². The van der Waals surface area contributed by atoms with E-state index in [1.165, 1.54) is 0 Å². The zero-order valence-electron chi connectivity index (χ0n) is 10.2. The number of halogens is 1. The van der Waals surface area contributed by atoms with Gasteiger partial charge >= 0.3 is 6.09 Å². The molecule has 0 saturated carbocycles. The van der Waals surface area contributed by atoms with Crippen molar-refractivity contribution in [3.05, 3.63) is 0 Å². The van der Waals surface area contributed by atoms with E-state index in [0.29, 0.717) is 13.0 Å². The van der Waals surface area contributed by atoms with Gasteiger partial charge in [-0.2, -0.15) is 0 Å². The minimum absolute atomic E-state index is 0.0360. The van der Waals surface area contributed by atoms with Crippen LogP contribution in [0.4, 0.5) is 9.18 Å². The van der Waals surface area contributed by atoms with Gasteiger partial charge in [-0.3, -0.25) is 0 Å². The molecule has 3 atom stereocenters. The Labute approximate surface area is 105 Å². The van der Waals surface area contributed by atoms with Gasteiger partial charge in [-0.15, -0.1) is 0 Å². The minimum atomic E-state index is -1.15. The van der Waals surface area contributed by atoms with E-state index in [1.807, 2.05) is 0 Å². The summed E-state index contributed by atoms with van der Waals surface area (Å²) in [5, 5.41) is 5.71. The van der Waals surface area contributed by atoms with E-state index < -0.39 is 18.3 Å². The molecule has 1 amide bonds. The van der Waals surface area contributed by atoms with E-state index in [1.54, 1.807) is 0 Å². The van der Waals surface area contributed by atoms with Gasteiger partial charge in [-0.25, -0.2) is 9.18 Å². The lowest BCUT2D eigenvalue weighted by Crippen LogP contribution is -2.43. The summed E-state index contributed by atoms with van der Waals surface area (Å²) in [4.78, 5) is 11.4. The van der Waals surface area contributed by atoms with Crippen molar-refractivity contribution in [1.29, 1.82) is 0 Å². The third kappa shape index (κ3) is 4.08. The lowest BCUT2D eigenvalue weighted by Gasteiger charge is -2.23. The minimum Gasteiger partial charge on any atom is -0.449 e. The molecular weight excluding hydrogens is 243 g/mol. The van der Waals surface area contributed by atoms with Crippen LogP contribution in [0.5, 0.6) is 0 Å². The molecule has 6 nitrogen and oxygen atoms in total. The number of hydrogen-bond donors (Lipinski definition) is 2. The molecule has 0 aromatic rings. The Bertz CT molecular complexity index is 274. The van der Waals surface area contributed by atoms with Crippen molar-refractivity contribution < 1.29 is 23.4 Å². The van der Waals surface area contributed by atoms with E-state index in [0.717, 1.165) is 13.2 Å². The third-order valence-electron chi connectivity index (χ3n) is 3.01. The summed E-state index contributed by atoms with van der Waals surface area (Å²) < 4.78 is 28.3. The molecule has 0 aromatic carbocycles. The van der Waals surface area contributed by atoms with Gasteiger partial charge in [-0.1, -0.05) is 0 Å². The molecule has 0 bridgehead atoms. The van der Waals surface area contributed by atoms with Gasteiger partial charge in [0.05, 0.1) is 39.1 Å². The Balaban J connectivity index is 1.56. The Morgan fingerprint density at radius 2 is 2.28 bits per heavy atom. The van der Waals surface area contributed by atoms with Crippen LogP contribution < -0.4 is 10.6 Å². The Morgan fingerprint density at radius 3 is 2.94 bits per heavy atom. The number of amides is 1. The first kappa shape index (κ1) is 13.5. The maximum absolute atomic E-state index is 13.1. The second-order valence-electron chi connectivity index (χ2n) is 4.45.